The van der Waals surface area contributed by atoms with Gasteiger partial charge in [0.1, 0.15) is 0 Å². The van der Waals surface area contributed by atoms with Gasteiger partial charge in [-0.2, -0.15) is 0 Å². The molecule has 0 aromatic heterocycles. The van der Waals surface area contributed by atoms with Crippen LogP contribution in [0.4, 0.5) is 0 Å². The molecule has 5 nitrogen and oxygen atoms in total. The maximum atomic E-state index is 11.8. The standard InChI is InChI=1S/C16H24N2O3/c1-2-21-15(19)9-6-12-18-16(20)14(17)11-10-13-7-4-3-5-8-13/h3-5,7-8,14H,2,6,9-12,17H2,1H3,(H,18,20)/t14-/m0/s1. The monoisotopic (exact) mass is 292 g/mol. The predicted octanol–water partition coefficient (Wildman–Crippen LogP) is 1.41. The van der Waals surface area contributed by atoms with E-state index in [1.165, 1.54) is 5.56 Å². The Hall–Kier alpha value is -1.88. The zero-order valence-electron chi connectivity index (χ0n) is 12.5. The van der Waals surface area contributed by atoms with Gasteiger partial charge in [0.25, 0.3) is 0 Å². The lowest BCUT2D eigenvalue weighted by Gasteiger charge is -2.12. The first-order valence-electron chi connectivity index (χ1n) is 7.36. The van der Waals surface area contributed by atoms with Crippen LogP contribution in [0.1, 0.15) is 31.7 Å². The van der Waals surface area contributed by atoms with Gasteiger partial charge in [-0.3, -0.25) is 9.59 Å². The fourth-order valence-electron chi connectivity index (χ4n) is 1.91. The highest BCUT2D eigenvalue weighted by Gasteiger charge is 2.12. The fourth-order valence-corrected chi connectivity index (χ4v) is 1.91. The SMILES string of the molecule is CCOC(=O)CCCNC(=O)[C@@H](N)CCc1ccccc1. The van der Waals surface area contributed by atoms with Crippen LogP contribution < -0.4 is 11.1 Å². The van der Waals surface area contributed by atoms with Gasteiger partial charge in [-0.1, -0.05) is 30.3 Å². The Bertz CT molecular complexity index is 434. The van der Waals surface area contributed by atoms with E-state index < -0.39 is 6.04 Å². The highest BCUT2D eigenvalue weighted by molar-refractivity contribution is 5.81. The molecule has 21 heavy (non-hydrogen) atoms. The topological polar surface area (TPSA) is 81.4 Å². The predicted molar refractivity (Wildman–Crippen MR) is 81.6 cm³/mol. The average molecular weight is 292 g/mol. The van der Waals surface area contributed by atoms with Crippen LogP contribution in [0.2, 0.25) is 0 Å². The van der Waals surface area contributed by atoms with Crippen molar-refractivity contribution < 1.29 is 14.3 Å². The Kier molecular flexibility index (Phi) is 8.12. The number of benzene rings is 1. The molecule has 1 aromatic carbocycles. The van der Waals surface area contributed by atoms with Crippen LogP contribution in [-0.4, -0.2) is 31.1 Å². The summed E-state index contributed by atoms with van der Waals surface area (Å²) in [7, 11) is 0. The first-order valence-corrected chi connectivity index (χ1v) is 7.36. The smallest absolute Gasteiger partial charge is 0.305 e. The van der Waals surface area contributed by atoms with Gasteiger partial charge in [-0.25, -0.2) is 0 Å². The molecule has 0 aliphatic carbocycles. The van der Waals surface area contributed by atoms with Crippen molar-refractivity contribution in [1.82, 2.24) is 5.32 Å². The summed E-state index contributed by atoms with van der Waals surface area (Å²) in [4.78, 5) is 22.9. The third kappa shape index (κ3) is 7.46. The van der Waals surface area contributed by atoms with Crippen molar-refractivity contribution >= 4 is 11.9 Å². The van der Waals surface area contributed by atoms with Gasteiger partial charge in [0.05, 0.1) is 12.6 Å². The molecule has 1 aromatic rings. The summed E-state index contributed by atoms with van der Waals surface area (Å²) in [5.41, 5.74) is 7.02. The molecule has 0 aliphatic rings. The van der Waals surface area contributed by atoms with E-state index in [2.05, 4.69) is 5.32 Å². The number of nitrogens with one attached hydrogen (secondary N) is 1. The number of hydrogen-bond donors (Lipinski definition) is 2. The summed E-state index contributed by atoms with van der Waals surface area (Å²) in [6.07, 6.45) is 2.26. The van der Waals surface area contributed by atoms with Gasteiger partial charge in [0.2, 0.25) is 5.91 Å². The number of aryl methyl sites for hydroxylation is 1. The van der Waals surface area contributed by atoms with E-state index in [0.29, 0.717) is 32.4 Å². The minimum absolute atomic E-state index is 0.171. The second kappa shape index (κ2) is 9.94. The van der Waals surface area contributed by atoms with E-state index in [9.17, 15) is 9.59 Å². The second-order valence-electron chi connectivity index (χ2n) is 4.83. The van der Waals surface area contributed by atoms with Gasteiger partial charge >= 0.3 is 5.97 Å². The summed E-state index contributed by atoms with van der Waals surface area (Å²) in [6.45, 7) is 2.59. The van der Waals surface area contributed by atoms with E-state index >= 15 is 0 Å². The molecular formula is C16H24N2O3. The van der Waals surface area contributed by atoms with Crippen molar-refractivity contribution in [1.29, 1.82) is 0 Å². The zero-order chi connectivity index (χ0) is 15.5. The molecule has 0 bridgehead atoms. The maximum absolute atomic E-state index is 11.8. The molecule has 1 amide bonds. The van der Waals surface area contributed by atoms with Gasteiger partial charge in [0.15, 0.2) is 0 Å². The molecule has 0 aliphatic heterocycles. The molecule has 0 unspecified atom stereocenters. The van der Waals surface area contributed by atoms with Crippen LogP contribution in [0, 0.1) is 0 Å². The molecule has 3 N–H and O–H groups in total. The van der Waals surface area contributed by atoms with Crippen molar-refractivity contribution in [2.24, 2.45) is 5.73 Å². The number of amides is 1. The van der Waals surface area contributed by atoms with Crippen LogP contribution in [0.3, 0.4) is 0 Å². The molecule has 0 saturated heterocycles. The Morgan fingerprint density at radius 2 is 2.00 bits per heavy atom. The number of esters is 1. The van der Waals surface area contributed by atoms with Crippen molar-refractivity contribution in [3.8, 4) is 0 Å². The van der Waals surface area contributed by atoms with E-state index in [1.807, 2.05) is 30.3 Å². The molecule has 0 fully saturated rings. The first-order chi connectivity index (χ1) is 10.1. The fraction of sp³-hybridized carbons (Fsp3) is 0.500. The number of carbonyl (C=O) groups is 2. The lowest BCUT2D eigenvalue weighted by atomic mass is 10.1. The zero-order valence-corrected chi connectivity index (χ0v) is 12.5. The molecule has 0 saturated carbocycles. The van der Waals surface area contributed by atoms with Gasteiger partial charge in [-0.15, -0.1) is 0 Å². The number of ether oxygens (including phenoxy) is 1. The molecular weight excluding hydrogens is 268 g/mol. The van der Waals surface area contributed by atoms with Crippen LogP contribution in [-0.2, 0) is 20.7 Å². The largest absolute Gasteiger partial charge is 0.466 e. The molecule has 0 spiro atoms. The van der Waals surface area contributed by atoms with Crippen LogP contribution in [0.15, 0.2) is 30.3 Å². The number of nitrogens with two attached hydrogens (primary N) is 1. The van der Waals surface area contributed by atoms with Crippen molar-refractivity contribution in [2.75, 3.05) is 13.2 Å². The second-order valence-corrected chi connectivity index (χ2v) is 4.83. The van der Waals surface area contributed by atoms with Crippen molar-refractivity contribution in [3.05, 3.63) is 35.9 Å². The summed E-state index contributed by atoms with van der Waals surface area (Å²) in [6, 6.07) is 9.41. The highest BCUT2D eigenvalue weighted by Crippen LogP contribution is 2.04. The summed E-state index contributed by atoms with van der Waals surface area (Å²) >= 11 is 0. The number of hydrogen-bond acceptors (Lipinski definition) is 4. The van der Waals surface area contributed by atoms with E-state index in [1.54, 1.807) is 6.92 Å². The van der Waals surface area contributed by atoms with Gasteiger partial charge < -0.3 is 15.8 Å². The number of rotatable bonds is 9. The average Bonchev–Trinajstić information content (AvgIpc) is 2.50. The molecule has 0 heterocycles. The van der Waals surface area contributed by atoms with E-state index in [-0.39, 0.29) is 11.9 Å². The summed E-state index contributed by atoms with van der Waals surface area (Å²) in [5.74, 6) is -0.407. The van der Waals surface area contributed by atoms with Crippen molar-refractivity contribution in [3.63, 3.8) is 0 Å². The molecule has 116 valence electrons. The summed E-state index contributed by atoms with van der Waals surface area (Å²) in [5, 5.41) is 2.74. The molecule has 5 heteroatoms. The highest BCUT2D eigenvalue weighted by atomic mass is 16.5. The third-order valence-electron chi connectivity index (χ3n) is 3.09. The molecule has 0 radical (unpaired) electrons. The first kappa shape index (κ1) is 17.2. The van der Waals surface area contributed by atoms with Crippen molar-refractivity contribution in [2.45, 2.75) is 38.6 Å². The normalized spacial score (nSPS) is 11.7. The quantitative estimate of drug-likeness (QED) is 0.532. The van der Waals surface area contributed by atoms with E-state index in [4.69, 9.17) is 10.5 Å². The number of carbonyl (C=O) groups excluding carboxylic acids is 2. The van der Waals surface area contributed by atoms with Gasteiger partial charge in [0, 0.05) is 13.0 Å². The Morgan fingerprint density at radius 1 is 1.29 bits per heavy atom. The third-order valence-corrected chi connectivity index (χ3v) is 3.09. The molecule has 1 rings (SSSR count). The lowest BCUT2D eigenvalue weighted by Crippen LogP contribution is -2.41. The van der Waals surface area contributed by atoms with Crippen LogP contribution >= 0.6 is 0 Å². The Morgan fingerprint density at radius 3 is 2.67 bits per heavy atom. The van der Waals surface area contributed by atoms with E-state index in [0.717, 1.165) is 6.42 Å². The summed E-state index contributed by atoms with van der Waals surface area (Å²) < 4.78 is 4.81. The maximum Gasteiger partial charge on any atom is 0.305 e. The van der Waals surface area contributed by atoms with Crippen LogP contribution in [0.5, 0.6) is 0 Å². The Balaban J connectivity index is 2.15. The van der Waals surface area contributed by atoms with Gasteiger partial charge in [-0.05, 0) is 31.7 Å². The lowest BCUT2D eigenvalue weighted by molar-refractivity contribution is -0.143. The van der Waals surface area contributed by atoms with Crippen LogP contribution in [0.25, 0.3) is 0 Å². The molecule has 1 atom stereocenters. The minimum atomic E-state index is -0.521. The minimum Gasteiger partial charge on any atom is -0.466 e. The Labute approximate surface area is 125 Å².